The van der Waals surface area contributed by atoms with E-state index in [-0.39, 0.29) is 41.3 Å². The zero-order chi connectivity index (χ0) is 13.8. The summed E-state index contributed by atoms with van der Waals surface area (Å²) in [4.78, 5) is 22.3. The number of hydrogen-bond donors (Lipinski definition) is 0. The standard InChI is InChI=1S/C16H14O3.4CH4/c1-11(17)13-3-7-15(8-4-13)19-16-9-5-14(6-10-16)12(2)18;;;;/h3-10H,1-2H3;4*1H4. The Morgan fingerprint density at radius 2 is 0.870 bits per heavy atom. The van der Waals surface area contributed by atoms with Crippen LogP contribution in [0.15, 0.2) is 48.5 Å². The summed E-state index contributed by atoms with van der Waals surface area (Å²) in [6.07, 6.45) is 0. The van der Waals surface area contributed by atoms with Crippen LogP contribution >= 0.6 is 0 Å². The first kappa shape index (κ1) is 25.5. The molecule has 128 valence electrons. The lowest BCUT2D eigenvalue weighted by atomic mass is 10.1. The molecule has 0 radical (unpaired) electrons. The normalized spacial score (nSPS) is 8.26. The molecule has 0 fully saturated rings. The SMILES string of the molecule is C.C.C.C.CC(=O)c1ccc(Oc2ccc(C(C)=O)cc2)cc1. The minimum absolute atomic E-state index is 0. The third-order valence-corrected chi connectivity index (χ3v) is 2.76. The summed E-state index contributed by atoms with van der Waals surface area (Å²) < 4.78 is 5.63. The largest absolute Gasteiger partial charge is 0.457 e. The van der Waals surface area contributed by atoms with E-state index in [9.17, 15) is 9.59 Å². The highest BCUT2D eigenvalue weighted by atomic mass is 16.5. The van der Waals surface area contributed by atoms with Crippen molar-refractivity contribution in [2.45, 2.75) is 43.6 Å². The summed E-state index contributed by atoms with van der Waals surface area (Å²) >= 11 is 0. The maximum atomic E-state index is 11.1. The second-order valence-electron chi connectivity index (χ2n) is 4.26. The second-order valence-corrected chi connectivity index (χ2v) is 4.26. The van der Waals surface area contributed by atoms with Crippen LogP contribution in [0.25, 0.3) is 0 Å². The van der Waals surface area contributed by atoms with Crippen molar-refractivity contribution in [2.24, 2.45) is 0 Å². The topological polar surface area (TPSA) is 43.4 Å². The smallest absolute Gasteiger partial charge is 0.159 e. The van der Waals surface area contributed by atoms with Gasteiger partial charge in [-0.25, -0.2) is 0 Å². The number of ether oxygens (including phenoxy) is 1. The van der Waals surface area contributed by atoms with Crippen LogP contribution in [0.3, 0.4) is 0 Å². The highest BCUT2D eigenvalue weighted by molar-refractivity contribution is 5.94. The van der Waals surface area contributed by atoms with Crippen LogP contribution in [0.5, 0.6) is 11.5 Å². The van der Waals surface area contributed by atoms with Gasteiger partial charge in [0.25, 0.3) is 0 Å². The van der Waals surface area contributed by atoms with Gasteiger partial charge in [-0.3, -0.25) is 9.59 Å². The Kier molecular flexibility index (Phi) is 12.4. The first-order valence-electron chi connectivity index (χ1n) is 5.96. The predicted octanol–water partition coefficient (Wildman–Crippen LogP) is 6.43. The van der Waals surface area contributed by atoms with Gasteiger partial charge in [-0.2, -0.15) is 0 Å². The Hall–Kier alpha value is -2.42. The fourth-order valence-electron chi connectivity index (χ4n) is 1.65. The number of Topliss-reactive ketones (excluding diaryl/α,β-unsaturated/α-hetero) is 2. The highest BCUT2D eigenvalue weighted by Gasteiger charge is 2.02. The summed E-state index contributed by atoms with van der Waals surface area (Å²) in [6.45, 7) is 3.05. The molecule has 0 aliphatic rings. The van der Waals surface area contributed by atoms with E-state index in [1.165, 1.54) is 13.8 Å². The van der Waals surface area contributed by atoms with E-state index in [2.05, 4.69) is 0 Å². The third-order valence-electron chi connectivity index (χ3n) is 2.76. The Bertz CT molecular complexity index is 540. The zero-order valence-electron chi connectivity index (χ0n) is 10.8. The lowest BCUT2D eigenvalue weighted by molar-refractivity contribution is 0.100. The number of carbonyl (C=O) groups is 2. The van der Waals surface area contributed by atoms with Gasteiger partial charge in [0.05, 0.1) is 0 Å². The molecule has 0 heterocycles. The number of ketones is 2. The van der Waals surface area contributed by atoms with Gasteiger partial charge in [0.15, 0.2) is 11.6 Å². The van der Waals surface area contributed by atoms with E-state index in [0.717, 1.165) is 0 Å². The molecular formula is C20H30O3. The van der Waals surface area contributed by atoms with Gasteiger partial charge in [-0.15, -0.1) is 0 Å². The minimum atomic E-state index is 0. The van der Waals surface area contributed by atoms with Gasteiger partial charge in [0.1, 0.15) is 11.5 Å². The van der Waals surface area contributed by atoms with Crippen molar-refractivity contribution in [3.05, 3.63) is 59.7 Å². The molecule has 0 saturated carbocycles. The lowest BCUT2D eigenvalue weighted by Crippen LogP contribution is -1.93. The monoisotopic (exact) mass is 318 g/mol. The fraction of sp³-hybridized carbons (Fsp3) is 0.300. The molecule has 0 bridgehead atoms. The van der Waals surface area contributed by atoms with Gasteiger partial charge in [-0.05, 0) is 62.4 Å². The number of hydrogen-bond acceptors (Lipinski definition) is 3. The molecule has 2 aromatic rings. The van der Waals surface area contributed by atoms with Crippen molar-refractivity contribution in [3.63, 3.8) is 0 Å². The molecule has 0 amide bonds. The van der Waals surface area contributed by atoms with Crippen LogP contribution in [0.1, 0.15) is 64.3 Å². The molecule has 0 aliphatic heterocycles. The van der Waals surface area contributed by atoms with Crippen LogP contribution in [0, 0.1) is 0 Å². The van der Waals surface area contributed by atoms with E-state index < -0.39 is 0 Å². The van der Waals surface area contributed by atoms with Crippen LogP contribution < -0.4 is 4.74 Å². The zero-order valence-corrected chi connectivity index (χ0v) is 10.8. The summed E-state index contributed by atoms with van der Waals surface area (Å²) in [5.74, 6) is 1.36. The Labute approximate surface area is 141 Å². The van der Waals surface area contributed by atoms with Gasteiger partial charge < -0.3 is 4.74 Å². The van der Waals surface area contributed by atoms with Gasteiger partial charge in [-0.1, -0.05) is 29.7 Å². The molecule has 0 aromatic heterocycles. The predicted molar refractivity (Wildman–Crippen MR) is 99.9 cm³/mol. The molecule has 3 heteroatoms. The van der Waals surface area contributed by atoms with Crippen molar-refractivity contribution in [2.75, 3.05) is 0 Å². The van der Waals surface area contributed by atoms with E-state index in [4.69, 9.17) is 4.74 Å². The molecule has 23 heavy (non-hydrogen) atoms. The molecule has 0 unspecified atom stereocenters. The van der Waals surface area contributed by atoms with Crippen LogP contribution in [-0.2, 0) is 0 Å². The number of benzene rings is 2. The summed E-state index contributed by atoms with van der Waals surface area (Å²) in [5, 5.41) is 0. The molecule has 0 saturated heterocycles. The molecule has 2 rings (SSSR count). The van der Waals surface area contributed by atoms with Crippen molar-refractivity contribution in [1.29, 1.82) is 0 Å². The van der Waals surface area contributed by atoms with Crippen LogP contribution in [-0.4, -0.2) is 11.6 Å². The quantitative estimate of drug-likeness (QED) is 0.610. The van der Waals surface area contributed by atoms with E-state index in [1.807, 2.05) is 0 Å². The van der Waals surface area contributed by atoms with E-state index in [1.54, 1.807) is 48.5 Å². The molecule has 0 N–H and O–H groups in total. The first-order valence-corrected chi connectivity index (χ1v) is 5.96. The minimum Gasteiger partial charge on any atom is -0.457 e. The van der Waals surface area contributed by atoms with E-state index in [0.29, 0.717) is 22.6 Å². The van der Waals surface area contributed by atoms with Crippen LogP contribution in [0.4, 0.5) is 0 Å². The molecule has 3 nitrogen and oxygen atoms in total. The van der Waals surface area contributed by atoms with Crippen molar-refractivity contribution >= 4 is 11.6 Å². The Balaban J connectivity index is -0.000001000. The van der Waals surface area contributed by atoms with Gasteiger partial charge in [0, 0.05) is 11.1 Å². The van der Waals surface area contributed by atoms with Crippen molar-refractivity contribution in [3.8, 4) is 11.5 Å². The average molecular weight is 318 g/mol. The summed E-state index contributed by atoms with van der Waals surface area (Å²) in [5.41, 5.74) is 1.30. The van der Waals surface area contributed by atoms with Gasteiger partial charge in [0.2, 0.25) is 0 Å². The second kappa shape index (κ2) is 11.2. The lowest BCUT2D eigenvalue weighted by Gasteiger charge is -2.06. The fourth-order valence-corrected chi connectivity index (χ4v) is 1.65. The highest BCUT2D eigenvalue weighted by Crippen LogP contribution is 2.22. The maximum Gasteiger partial charge on any atom is 0.159 e. The molecule has 0 atom stereocenters. The van der Waals surface area contributed by atoms with E-state index >= 15 is 0 Å². The average Bonchev–Trinajstić information content (AvgIpc) is 2.40. The van der Waals surface area contributed by atoms with Gasteiger partial charge >= 0.3 is 0 Å². The summed E-state index contributed by atoms with van der Waals surface area (Å²) in [6, 6.07) is 13.9. The first-order chi connectivity index (χ1) is 9.06. The van der Waals surface area contributed by atoms with Crippen molar-refractivity contribution in [1.82, 2.24) is 0 Å². The maximum absolute atomic E-state index is 11.1. The van der Waals surface area contributed by atoms with Crippen LogP contribution in [0.2, 0.25) is 0 Å². The number of carbonyl (C=O) groups excluding carboxylic acids is 2. The molecule has 0 aliphatic carbocycles. The number of rotatable bonds is 4. The molecular weight excluding hydrogens is 288 g/mol. The summed E-state index contributed by atoms with van der Waals surface area (Å²) in [7, 11) is 0. The third kappa shape index (κ3) is 6.92. The Morgan fingerprint density at radius 1 is 0.609 bits per heavy atom. The molecule has 2 aromatic carbocycles. The molecule has 0 spiro atoms. The van der Waals surface area contributed by atoms with Crippen molar-refractivity contribution < 1.29 is 14.3 Å². The Morgan fingerprint density at radius 3 is 1.09 bits per heavy atom.